The Bertz CT molecular complexity index is 1050. The van der Waals surface area contributed by atoms with Gasteiger partial charge in [0.25, 0.3) is 5.91 Å². The van der Waals surface area contributed by atoms with E-state index in [-0.39, 0.29) is 16.7 Å². The first kappa shape index (κ1) is 21.2. The first-order valence-electron chi connectivity index (χ1n) is 8.52. The molecule has 0 aromatic heterocycles. The van der Waals surface area contributed by atoms with Gasteiger partial charge in [0.2, 0.25) is 0 Å². The highest BCUT2D eigenvalue weighted by Crippen LogP contribution is 2.24. The smallest absolute Gasteiger partial charge is 0.331 e. The van der Waals surface area contributed by atoms with Crippen molar-refractivity contribution in [3.05, 3.63) is 76.2 Å². The Kier molecular flexibility index (Phi) is 6.91. The molecule has 2 aromatic carbocycles. The monoisotopic (exact) mass is 431 g/mol. The number of esters is 1. The van der Waals surface area contributed by atoms with E-state index in [9.17, 15) is 18.4 Å². The van der Waals surface area contributed by atoms with Crippen LogP contribution in [0, 0.1) is 11.6 Å². The number of halogens is 2. The number of amides is 1. The van der Waals surface area contributed by atoms with Gasteiger partial charge in [0.05, 0.1) is 18.2 Å². The number of nitrogens with one attached hydrogen (secondary N) is 1. The van der Waals surface area contributed by atoms with Gasteiger partial charge in [-0.1, -0.05) is 24.3 Å². The highest BCUT2D eigenvalue weighted by molar-refractivity contribution is 8.18. The van der Waals surface area contributed by atoms with Crippen LogP contribution >= 0.6 is 11.8 Å². The summed E-state index contributed by atoms with van der Waals surface area (Å²) in [4.78, 5) is 23.1. The van der Waals surface area contributed by atoms with Crippen LogP contribution in [0.4, 0.5) is 8.78 Å². The molecule has 30 heavy (non-hydrogen) atoms. The molecule has 0 spiro atoms. The summed E-state index contributed by atoms with van der Waals surface area (Å²) in [6.07, 6.45) is 2.50. The molecule has 1 N–H and O–H groups in total. The molecule has 3 rings (SSSR count). The lowest BCUT2D eigenvalue weighted by molar-refractivity contribution is -0.135. The summed E-state index contributed by atoms with van der Waals surface area (Å²) in [5, 5.41) is 10.5. The third-order valence-corrected chi connectivity index (χ3v) is 4.61. The molecule has 0 aliphatic carbocycles. The summed E-state index contributed by atoms with van der Waals surface area (Å²) >= 11 is 0.954. The number of ether oxygens (including phenoxy) is 2. The van der Waals surface area contributed by atoms with Gasteiger partial charge in [-0.3, -0.25) is 10.1 Å². The van der Waals surface area contributed by atoms with Crippen molar-refractivity contribution >= 4 is 35.0 Å². The molecule has 10 heteroatoms. The molecule has 0 radical (unpaired) electrons. The van der Waals surface area contributed by atoms with E-state index in [2.05, 4.69) is 20.3 Å². The maximum absolute atomic E-state index is 13.6. The molecule has 2 aromatic rings. The van der Waals surface area contributed by atoms with Crippen LogP contribution in [0.25, 0.3) is 0 Å². The SMILES string of the molecule is COC(=O)/C=C1/S/C(=N\N=Cc2cccc(COc3c(F)cccc3F)c2)NC1=O. The number of rotatable bonds is 6. The topological polar surface area (TPSA) is 89.3 Å². The first-order chi connectivity index (χ1) is 14.5. The minimum atomic E-state index is -0.778. The molecule has 1 fully saturated rings. The van der Waals surface area contributed by atoms with Crippen LogP contribution in [0.5, 0.6) is 5.75 Å². The largest absolute Gasteiger partial charge is 0.483 e. The maximum Gasteiger partial charge on any atom is 0.331 e. The van der Waals surface area contributed by atoms with E-state index in [1.165, 1.54) is 19.4 Å². The van der Waals surface area contributed by atoms with E-state index in [0.29, 0.717) is 11.1 Å². The van der Waals surface area contributed by atoms with Gasteiger partial charge < -0.3 is 9.47 Å². The second-order valence-electron chi connectivity index (χ2n) is 5.82. The first-order valence-corrected chi connectivity index (χ1v) is 9.33. The van der Waals surface area contributed by atoms with Gasteiger partial charge >= 0.3 is 5.97 Å². The molecule has 0 unspecified atom stereocenters. The summed E-state index contributed by atoms with van der Waals surface area (Å²) in [6, 6.07) is 10.4. The van der Waals surface area contributed by atoms with Crippen LogP contribution in [-0.4, -0.2) is 30.4 Å². The molecule has 1 saturated heterocycles. The number of nitrogens with zero attached hydrogens (tertiary/aromatic N) is 2. The molecule has 1 heterocycles. The standard InChI is InChI=1S/C20H15F2N3O4S/c1-28-17(26)9-16-19(27)24-20(30-16)25-23-10-12-4-2-5-13(8-12)11-29-18-14(21)6-3-7-15(18)22/h2-10H,11H2,1H3,(H,24,25,27)/b16-9+,23-10?. The summed E-state index contributed by atoms with van der Waals surface area (Å²) in [7, 11) is 1.21. The quantitative estimate of drug-likeness (QED) is 0.329. The van der Waals surface area contributed by atoms with Crippen LogP contribution in [0.15, 0.2) is 63.6 Å². The number of benzene rings is 2. The number of hydrogen-bond donors (Lipinski definition) is 1. The minimum absolute atomic E-state index is 0.0400. The Hall–Kier alpha value is -3.53. The van der Waals surface area contributed by atoms with Crippen LogP contribution in [0.3, 0.4) is 0 Å². The molecule has 1 aliphatic heterocycles. The van der Waals surface area contributed by atoms with Crippen molar-refractivity contribution < 1.29 is 27.8 Å². The molecule has 7 nitrogen and oxygen atoms in total. The van der Waals surface area contributed by atoms with Gasteiger partial charge in [-0.25, -0.2) is 13.6 Å². The Morgan fingerprint density at radius 1 is 1.20 bits per heavy atom. The van der Waals surface area contributed by atoms with E-state index in [4.69, 9.17) is 4.74 Å². The van der Waals surface area contributed by atoms with Crippen LogP contribution in [0.1, 0.15) is 11.1 Å². The average Bonchev–Trinajstić information content (AvgIpc) is 3.07. The fourth-order valence-electron chi connectivity index (χ4n) is 2.33. The molecule has 1 amide bonds. The van der Waals surface area contributed by atoms with Crippen molar-refractivity contribution in [2.24, 2.45) is 10.2 Å². The van der Waals surface area contributed by atoms with Crippen molar-refractivity contribution in [3.63, 3.8) is 0 Å². The lowest BCUT2D eigenvalue weighted by atomic mass is 10.1. The Labute approximate surface area is 174 Å². The molecule has 0 saturated carbocycles. The van der Waals surface area contributed by atoms with Crippen molar-refractivity contribution in [2.45, 2.75) is 6.61 Å². The van der Waals surface area contributed by atoms with E-state index >= 15 is 0 Å². The number of para-hydroxylation sites is 1. The second-order valence-corrected chi connectivity index (χ2v) is 6.85. The van der Waals surface area contributed by atoms with Crippen molar-refractivity contribution in [1.82, 2.24) is 5.32 Å². The molecule has 1 aliphatic rings. The van der Waals surface area contributed by atoms with E-state index < -0.39 is 29.3 Å². The molecule has 0 atom stereocenters. The summed E-state index contributed by atoms with van der Waals surface area (Å²) < 4.78 is 37.0. The Morgan fingerprint density at radius 3 is 2.67 bits per heavy atom. The minimum Gasteiger partial charge on any atom is -0.483 e. The average molecular weight is 431 g/mol. The fraction of sp³-hybridized carbons (Fsp3) is 0.100. The number of amidine groups is 1. The van der Waals surface area contributed by atoms with Crippen molar-refractivity contribution in [1.29, 1.82) is 0 Å². The van der Waals surface area contributed by atoms with E-state index in [0.717, 1.165) is 30.0 Å². The second kappa shape index (κ2) is 9.79. The number of hydrogen-bond acceptors (Lipinski definition) is 7. The van der Waals surface area contributed by atoms with Gasteiger partial charge in [-0.2, -0.15) is 5.10 Å². The normalized spacial score (nSPS) is 16.3. The van der Waals surface area contributed by atoms with Crippen LogP contribution in [-0.2, 0) is 20.9 Å². The van der Waals surface area contributed by atoms with E-state index in [1.807, 2.05) is 0 Å². The number of methoxy groups -OCH3 is 1. The number of carbonyl (C=O) groups is 2. The van der Waals surface area contributed by atoms with E-state index in [1.54, 1.807) is 24.3 Å². The fourth-order valence-corrected chi connectivity index (χ4v) is 3.07. The lowest BCUT2D eigenvalue weighted by Crippen LogP contribution is -2.19. The molecular weight excluding hydrogens is 416 g/mol. The third-order valence-electron chi connectivity index (χ3n) is 3.71. The number of carbonyl (C=O) groups excluding carboxylic acids is 2. The summed E-state index contributed by atoms with van der Waals surface area (Å²) in [6.45, 7) is -0.0400. The predicted octanol–water partition coefficient (Wildman–Crippen LogP) is 3.15. The van der Waals surface area contributed by atoms with Gasteiger partial charge in [0.1, 0.15) is 6.61 Å². The molecule has 154 valence electrons. The summed E-state index contributed by atoms with van der Waals surface area (Å²) in [5.41, 5.74) is 1.33. The zero-order chi connectivity index (χ0) is 21.5. The molecular formula is C20H15F2N3O4S. The van der Waals surface area contributed by atoms with Crippen molar-refractivity contribution in [3.8, 4) is 5.75 Å². The van der Waals surface area contributed by atoms with Gasteiger partial charge in [0, 0.05) is 6.08 Å². The Balaban J connectivity index is 1.63. The van der Waals surface area contributed by atoms with Gasteiger partial charge in [-0.15, -0.1) is 5.10 Å². The Morgan fingerprint density at radius 2 is 1.93 bits per heavy atom. The molecule has 0 bridgehead atoms. The van der Waals surface area contributed by atoms with Crippen molar-refractivity contribution in [2.75, 3.05) is 7.11 Å². The highest BCUT2D eigenvalue weighted by Gasteiger charge is 2.25. The van der Waals surface area contributed by atoms with Crippen LogP contribution < -0.4 is 10.1 Å². The third kappa shape index (κ3) is 5.51. The zero-order valence-electron chi connectivity index (χ0n) is 15.6. The maximum atomic E-state index is 13.6. The highest BCUT2D eigenvalue weighted by atomic mass is 32.2. The summed E-state index contributed by atoms with van der Waals surface area (Å²) in [5.74, 6) is -3.11. The van der Waals surface area contributed by atoms with Gasteiger partial charge in [0.15, 0.2) is 22.6 Å². The van der Waals surface area contributed by atoms with Crippen LogP contribution in [0.2, 0.25) is 0 Å². The lowest BCUT2D eigenvalue weighted by Gasteiger charge is -2.08. The predicted molar refractivity (Wildman–Crippen MR) is 108 cm³/mol. The number of thioether (sulfide) groups is 1. The van der Waals surface area contributed by atoms with Gasteiger partial charge in [-0.05, 0) is 41.1 Å². The zero-order valence-corrected chi connectivity index (χ0v) is 16.4.